The molecule has 274 valence electrons. The molecule has 0 bridgehead atoms. The van der Waals surface area contributed by atoms with Gasteiger partial charge in [-0.05, 0) is 42.0 Å². The second kappa shape index (κ2) is 16.6. The molecule has 0 spiro atoms. The highest BCUT2D eigenvalue weighted by molar-refractivity contribution is 7.89. The molecule has 3 aromatic carbocycles. The summed E-state index contributed by atoms with van der Waals surface area (Å²) in [7, 11) is -4.18. The number of nitro benzene ring substituents is 1. The summed E-state index contributed by atoms with van der Waals surface area (Å²) in [5, 5.41) is 26.3. The number of nitro groups is 1. The first-order chi connectivity index (χ1) is 24.0. The molecule has 1 fully saturated rings. The first kappa shape index (κ1) is 39.2. The normalized spacial score (nSPS) is 15.5. The molecule has 1 aliphatic heterocycles. The summed E-state index contributed by atoms with van der Waals surface area (Å²) < 4.78 is 28.8. The SMILES string of the molecule is CC(C)CN(C[C@H](O)[C@H](Cc1ccccc1)NC(=O)[C@H](C(C)C)N1CC(=O)N(Cc2ccccc2[N+](=O)[O-])C1=O)S(=O)(=O)c1ccc(Cl)c(N)c1. The zero-order chi connectivity index (χ0) is 37.6. The van der Waals surface area contributed by atoms with E-state index in [0.717, 1.165) is 19.7 Å². The van der Waals surface area contributed by atoms with E-state index in [9.17, 15) is 38.0 Å². The monoisotopic (exact) mass is 742 g/mol. The second-order valence-corrected chi connectivity index (χ2v) is 15.6. The fraction of sp³-hybridized carbons (Fsp3) is 0.400. The maximum Gasteiger partial charge on any atom is 0.328 e. The smallest absolute Gasteiger partial charge is 0.328 e. The lowest BCUT2D eigenvalue weighted by Crippen LogP contribution is -2.57. The van der Waals surface area contributed by atoms with Crippen LogP contribution in [0.2, 0.25) is 5.02 Å². The Bertz CT molecular complexity index is 1860. The van der Waals surface area contributed by atoms with Crippen LogP contribution in [-0.2, 0) is 32.6 Å². The number of aliphatic hydroxyl groups excluding tert-OH is 1. The number of imide groups is 1. The number of halogens is 1. The molecule has 0 saturated carbocycles. The number of amides is 4. The van der Waals surface area contributed by atoms with Crippen molar-refractivity contribution in [3.05, 3.63) is 99.1 Å². The summed E-state index contributed by atoms with van der Waals surface area (Å²) in [5.41, 5.74) is 6.64. The number of aliphatic hydroxyl groups is 1. The number of carbonyl (C=O) groups excluding carboxylic acids is 3. The van der Waals surface area contributed by atoms with Crippen molar-refractivity contribution in [3.63, 3.8) is 0 Å². The quantitative estimate of drug-likeness (QED) is 0.0839. The fourth-order valence-corrected chi connectivity index (χ4v) is 7.77. The van der Waals surface area contributed by atoms with E-state index >= 15 is 0 Å². The summed E-state index contributed by atoms with van der Waals surface area (Å²) in [6.45, 7) is 5.91. The Morgan fingerprint density at radius 2 is 1.69 bits per heavy atom. The molecule has 0 aliphatic carbocycles. The number of urea groups is 1. The van der Waals surface area contributed by atoms with Gasteiger partial charge < -0.3 is 21.1 Å². The van der Waals surface area contributed by atoms with Crippen molar-refractivity contribution in [3.8, 4) is 0 Å². The first-order valence-electron chi connectivity index (χ1n) is 16.4. The third kappa shape index (κ3) is 9.41. The van der Waals surface area contributed by atoms with E-state index in [1.54, 1.807) is 44.2 Å². The number of nitrogens with zero attached hydrogens (tertiary/aromatic N) is 4. The molecule has 16 heteroatoms. The van der Waals surface area contributed by atoms with Gasteiger partial charge >= 0.3 is 6.03 Å². The van der Waals surface area contributed by atoms with E-state index in [-0.39, 0.29) is 52.3 Å². The van der Waals surface area contributed by atoms with Crippen molar-refractivity contribution in [1.29, 1.82) is 0 Å². The third-order valence-corrected chi connectivity index (χ3v) is 10.7. The molecule has 14 nitrogen and oxygen atoms in total. The molecule has 1 heterocycles. The zero-order valence-electron chi connectivity index (χ0n) is 28.8. The average Bonchev–Trinajstić information content (AvgIpc) is 3.33. The lowest BCUT2D eigenvalue weighted by Gasteiger charge is -2.34. The van der Waals surface area contributed by atoms with Crippen molar-refractivity contribution in [1.82, 2.24) is 19.4 Å². The van der Waals surface area contributed by atoms with Crippen molar-refractivity contribution in [2.24, 2.45) is 11.8 Å². The van der Waals surface area contributed by atoms with Gasteiger partial charge in [0, 0.05) is 24.7 Å². The van der Waals surface area contributed by atoms with Gasteiger partial charge in [-0.2, -0.15) is 4.31 Å². The molecule has 0 radical (unpaired) electrons. The van der Waals surface area contributed by atoms with Crippen LogP contribution in [0.1, 0.15) is 38.8 Å². The molecule has 4 rings (SSSR count). The van der Waals surface area contributed by atoms with Crippen LogP contribution in [0.4, 0.5) is 16.2 Å². The number of benzene rings is 3. The van der Waals surface area contributed by atoms with Crippen molar-refractivity contribution in [2.75, 3.05) is 25.4 Å². The van der Waals surface area contributed by atoms with Crippen molar-refractivity contribution in [2.45, 2.75) is 63.7 Å². The molecule has 1 aliphatic rings. The van der Waals surface area contributed by atoms with E-state index in [0.29, 0.717) is 0 Å². The van der Waals surface area contributed by atoms with Crippen molar-refractivity contribution < 1.29 is 32.8 Å². The number of carbonyl (C=O) groups is 3. The van der Waals surface area contributed by atoms with Crippen LogP contribution in [0.5, 0.6) is 0 Å². The predicted octanol–water partition coefficient (Wildman–Crippen LogP) is 4.05. The highest BCUT2D eigenvalue weighted by Crippen LogP contribution is 2.27. The first-order valence-corrected chi connectivity index (χ1v) is 18.2. The van der Waals surface area contributed by atoms with Gasteiger partial charge in [0.05, 0.1) is 39.2 Å². The molecule has 3 aromatic rings. The maximum atomic E-state index is 14.1. The van der Waals surface area contributed by atoms with Crippen LogP contribution in [0, 0.1) is 22.0 Å². The van der Waals surface area contributed by atoms with E-state index in [2.05, 4.69) is 5.32 Å². The van der Waals surface area contributed by atoms with Gasteiger partial charge in [0.2, 0.25) is 15.9 Å². The Labute approximate surface area is 302 Å². The van der Waals surface area contributed by atoms with E-state index in [4.69, 9.17) is 17.3 Å². The topological polar surface area (TPSA) is 196 Å². The molecule has 0 unspecified atom stereocenters. The molecule has 51 heavy (non-hydrogen) atoms. The number of nitrogen functional groups attached to an aromatic ring is 1. The number of sulfonamides is 1. The Morgan fingerprint density at radius 3 is 2.29 bits per heavy atom. The van der Waals surface area contributed by atoms with Crippen LogP contribution in [-0.4, -0.2) is 88.2 Å². The maximum absolute atomic E-state index is 14.1. The summed E-state index contributed by atoms with van der Waals surface area (Å²) >= 11 is 6.04. The van der Waals surface area contributed by atoms with Gasteiger partial charge in [-0.25, -0.2) is 13.2 Å². The number of rotatable bonds is 16. The van der Waals surface area contributed by atoms with Gasteiger partial charge in [0.15, 0.2) is 0 Å². The van der Waals surface area contributed by atoms with Crippen LogP contribution in [0.3, 0.4) is 0 Å². The molecular weight excluding hydrogens is 700 g/mol. The average molecular weight is 743 g/mol. The third-order valence-electron chi connectivity index (χ3n) is 8.49. The Balaban J connectivity index is 1.61. The van der Waals surface area contributed by atoms with Gasteiger partial charge in [0.1, 0.15) is 12.6 Å². The summed E-state index contributed by atoms with van der Waals surface area (Å²) in [6, 6.07) is 15.7. The Morgan fingerprint density at radius 1 is 1.04 bits per heavy atom. The molecule has 4 amide bonds. The minimum absolute atomic E-state index is 0.0440. The van der Waals surface area contributed by atoms with Crippen molar-refractivity contribution >= 4 is 50.8 Å². The minimum Gasteiger partial charge on any atom is -0.397 e. The van der Waals surface area contributed by atoms with E-state index in [1.165, 1.54) is 36.4 Å². The lowest BCUT2D eigenvalue weighted by molar-refractivity contribution is -0.385. The van der Waals surface area contributed by atoms with E-state index in [1.807, 2.05) is 19.9 Å². The molecule has 1 saturated heterocycles. The number of nitrogens with two attached hydrogens (primary N) is 1. The van der Waals surface area contributed by atoms with Crippen LogP contribution >= 0.6 is 11.6 Å². The molecular formula is C35H43ClN6O8S. The molecule has 3 atom stereocenters. The fourth-order valence-electron chi connectivity index (χ4n) is 6.00. The number of hydrogen-bond acceptors (Lipinski definition) is 9. The predicted molar refractivity (Wildman–Crippen MR) is 192 cm³/mol. The number of nitrogens with one attached hydrogen (secondary N) is 1. The number of hydrogen-bond donors (Lipinski definition) is 3. The highest BCUT2D eigenvalue weighted by atomic mass is 35.5. The van der Waals surface area contributed by atoms with Crippen LogP contribution in [0.25, 0.3) is 0 Å². The second-order valence-electron chi connectivity index (χ2n) is 13.2. The molecule has 0 aromatic heterocycles. The highest BCUT2D eigenvalue weighted by Gasteiger charge is 2.45. The van der Waals surface area contributed by atoms with Crippen LogP contribution in [0.15, 0.2) is 77.7 Å². The summed E-state index contributed by atoms with van der Waals surface area (Å²) in [6.07, 6.45) is -1.32. The standard InChI is InChI=1S/C35H43ClN6O8S/c1-22(2)18-39(51(49,50)26-14-15-27(36)28(37)17-26)20-31(43)29(16-24-10-6-5-7-11-24)38-34(45)33(23(3)4)41-21-32(44)40(35(41)46)19-25-12-8-9-13-30(25)42(47)48/h5-15,17,22-23,29,31,33,43H,16,18-21,37H2,1-4H3,(H,38,45)/t29-,31-,33-/m0/s1. The summed E-state index contributed by atoms with van der Waals surface area (Å²) in [5.74, 6) is -1.93. The Hall–Kier alpha value is -4.57. The zero-order valence-corrected chi connectivity index (χ0v) is 30.4. The van der Waals surface area contributed by atoms with Gasteiger partial charge in [-0.3, -0.25) is 24.6 Å². The van der Waals surface area contributed by atoms with Gasteiger partial charge in [0.25, 0.3) is 11.6 Å². The lowest BCUT2D eigenvalue weighted by atomic mass is 9.97. The number of para-hydroxylation sites is 1. The largest absolute Gasteiger partial charge is 0.397 e. The van der Waals surface area contributed by atoms with Gasteiger partial charge in [-0.1, -0.05) is 87.8 Å². The molecule has 4 N–H and O–H groups in total. The van der Waals surface area contributed by atoms with E-state index < -0.39 is 70.0 Å². The minimum atomic E-state index is -4.18. The Kier molecular flexibility index (Phi) is 12.8. The summed E-state index contributed by atoms with van der Waals surface area (Å²) in [4.78, 5) is 53.7. The number of anilines is 1. The van der Waals surface area contributed by atoms with Crippen LogP contribution < -0.4 is 11.1 Å². The van der Waals surface area contributed by atoms with Gasteiger partial charge in [-0.15, -0.1) is 0 Å².